The van der Waals surface area contributed by atoms with Gasteiger partial charge in [0.1, 0.15) is 11.6 Å². The lowest BCUT2D eigenvalue weighted by Gasteiger charge is -2.33. The minimum Gasteiger partial charge on any atom is -0.369 e. The zero-order chi connectivity index (χ0) is 20.3. The quantitative estimate of drug-likeness (QED) is 0.523. The molecule has 0 amide bonds. The van der Waals surface area contributed by atoms with Gasteiger partial charge in [-0.2, -0.15) is 0 Å². The lowest BCUT2D eigenvalue weighted by atomic mass is 10.1. The van der Waals surface area contributed by atoms with Crippen molar-refractivity contribution in [1.82, 2.24) is 25.1 Å². The number of hydrogen-bond acceptors (Lipinski definition) is 8. The summed E-state index contributed by atoms with van der Waals surface area (Å²) in [6, 6.07) is 14.6. The standard InChI is InChI=1S/C22H22N6OS/c1-15-9-18(26-22-27-24-14-30-22)11-20(25-15)21-13-28(7-8-29-21)12-16-4-5-19-17(10-16)3-2-6-23-19/h2-6,9-11,14,21H,7-8,12-13H2,1H3,(H,25,26,27)/t21-/m1/s1. The van der Waals surface area contributed by atoms with Crippen LogP contribution in [0.2, 0.25) is 0 Å². The topological polar surface area (TPSA) is 76.1 Å². The third-order valence-electron chi connectivity index (χ3n) is 5.14. The second-order valence-electron chi connectivity index (χ2n) is 7.42. The van der Waals surface area contributed by atoms with Gasteiger partial charge in [0.25, 0.3) is 0 Å². The highest BCUT2D eigenvalue weighted by Gasteiger charge is 2.24. The summed E-state index contributed by atoms with van der Waals surface area (Å²) in [7, 11) is 0. The molecular weight excluding hydrogens is 396 g/mol. The molecule has 8 heteroatoms. The summed E-state index contributed by atoms with van der Waals surface area (Å²) in [6.07, 6.45) is 1.77. The van der Waals surface area contributed by atoms with E-state index >= 15 is 0 Å². The number of benzene rings is 1. The van der Waals surface area contributed by atoms with Crippen LogP contribution >= 0.6 is 11.3 Å². The first-order valence-corrected chi connectivity index (χ1v) is 10.8. The molecule has 1 fully saturated rings. The number of aromatic nitrogens is 4. The predicted molar refractivity (Wildman–Crippen MR) is 118 cm³/mol. The molecule has 1 atom stereocenters. The molecule has 7 nitrogen and oxygen atoms in total. The Morgan fingerprint density at radius 2 is 2.20 bits per heavy atom. The number of anilines is 2. The van der Waals surface area contributed by atoms with Gasteiger partial charge in [0.15, 0.2) is 0 Å². The summed E-state index contributed by atoms with van der Waals surface area (Å²) in [5.41, 5.74) is 6.86. The number of fused-ring (bicyclic) bond motifs is 1. The normalized spacial score (nSPS) is 17.3. The molecule has 4 heterocycles. The van der Waals surface area contributed by atoms with Crippen molar-refractivity contribution in [1.29, 1.82) is 0 Å². The Morgan fingerprint density at radius 1 is 1.23 bits per heavy atom. The first kappa shape index (κ1) is 19.0. The Bertz CT molecular complexity index is 1150. The predicted octanol–water partition coefficient (Wildman–Crippen LogP) is 4.11. The minimum atomic E-state index is -0.0595. The van der Waals surface area contributed by atoms with Crippen LogP contribution in [0.15, 0.2) is 54.2 Å². The monoisotopic (exact) mass is 418 g/mol. The van der Waals surface area contributed by atoms with E-state index in [0.29, 0.717) is 6.61 Å². The third-order valence-corrected chi connectivity index (χ3v) is 5.75. The van der Waals surface area contributed by atoms with Gasteiger partial charge in [-0.3, -0.25) is 14.9 Å². The van der Waals surface area contributed by atoms with Crippen molar-refractivity contribution in [2.45, 2.75) is 19.6 Å². The van der Waals surface area contributed by atoms with Gasteiger partial charge < -0.3 is 10.1 Å². The molecule has 1 aliphatic heterocycles. The van der Waals surface area contributed by atoms with Gasteiger partial charge in [0.2, 0.25) is 5.13 Å². The summed E-state index contributed by atoms with van der Waals surface area (Å²) in [5.74, 6) is 0. The molecule has 3 aromatic heterocycles. The molecule has 1 aliphatic rings. The summed E-state index contributed by atoms with van der Waals surface area (Å²) in [6.45, 7) is 5.28. The van der Waals surface area contributed by atoms with Crippen LogP contribution in [0.1, 0.15) is 23.1 Å². The van der Waals surface area contributed by atoms with Gasteiger partial charge in [-0.1, -0.05) is 23.5 Å². The summed E-state index contributed by atoms with van der Waals surface area (Å²) >= 11 is 1.47. The molecule has 0 unspecified atom stereocenters. The number of nitrogens with zero attached hydrogens (tertiary/aromatic N) is 5. The Kier molecular flexibility index (Phi) is 5.35. The molecule has 5 rings (SSSR count). The molecule has 1 saturated heterocycles. The van der Waals surface area contributed by atoms with Crippen molar-refractivity contribution in [3.63, 3.8) is 0 Å². The van der Waals surface area contributed by atoms with Crippen LogP contribution in [0.3, 0.4) is 0 Å². The number of nitrogens with one attached hydrogen (secondary N) is 1. The van der Waals surface area contributed by atoms with E-state index in [1.165, 1.54) is 22.3 Å². The molecule has 0 radical (unpaired) electrons. The number of ether oxygens (including phenoxy) is 1. The molecule has 4 aromatic rings. The lowest BCUT2D eigenvalue weighted by molar-refractivity contribution is -0.0350. The second kappa shape index (κ2) is 8.43. The molecule has 0 bridgehead atoms. The molecule has 0 aliphatic carbocycles. The minimum absolute atomic E-state index is 0.0595. The molecule has 152 valence electrons. The zero-order valence-corrected chi connectivity index (χ0v) is 17.5. The molecule has 0 spiro atoms. The number of hydrogen-bond donors (Lipinski definition) is 1. The van der Waals surface area contributed by atoms with Crippen molar-refractivity contribution in [2.75, 3.05) is 25.0 Å². The number of morpholine rings is 1. The summed E-state index contributed by atoms with van der Waals surface area (Å²) in [5, 5.41) is 13.2. The maximum Gasteiger partial charge on any atom is 0.209 e. The van der Waals surface area contributed by atoms with Gasteiger partial charge in [-0.15, -0.1) is 10.2 Å². The van der Waals surface area contributed by atoms with Gasteiger partial charge in [-0.25, -0.2) is 0 Å². The van der Waals surface area contributed by atoms with E-state index in [4.69, 9.17) is 9.72 Å². The first-order chi connectivity index (χ1) is 14.7. The van der Waals surface area contributed by atoms with E-state index in [9.17, 15) is 0 Å². The van der Waals surface area contributed by atoms with Crippen molar-refractivity contribution >= 4 is 33.1 Å². The fraction of sp³-hybridized carbons (Fsp3) is 0.273. The maximum absolute atomic E-state index is 6.08. The van der Waals surface area contributed by atoms with Crippen LogP contribution in [-0.2, 0) is 11.3 Å². The number of pyridine rings is 2. The highest BCUT2D eigenvalue weighted by molar-refractivity contribution is 7.13. The molecular formula is C22H22N6OS. The summed E-state index contributed by atoms with van der Waals surface area (Å²) < 4.78 is 6.08. The smallest absolute Gasteiger partial charge is 0.209 e. The molecule has 0 saturated carbocycles. The van der Waals surface area contributed by atoms with Crippen molar-refractivity contribution < 1.29 is 4.74 Å². The highest BCUT2D eigenvalue weighted by Crippen LogP contribution is 2.27. The van der Waals surface area contributed by atoms with E-state index in [1.807, 2.05) is 31.3 Å². The summed E-state index contributed by atoms with van der Waals surface area (Å²) in [4.78, 5) is 11.6. The number of aryl methyl sites for hydroxylation is 1. The SMILES string of the molecule is Cc1cc(Nc2nncs2)cc([C@H]2CN(Cc3ccc4ncccc4c3)CCO2)n1. The lowest BCUT2D eigenvalue weighted by Crippen LogP contribution is -2.38. The Balaban J connectivity index is 1.31. The first-order valence-electron chi connectivity index (χ1n) is 9.92. The zero-order valence-electron chi connectivity index (χ0n) is 16.7. The van der Waals surface area contributed by atoms with Crippen LogP contribution in [0.5, 0.6) is 0 Å². The van der Waals surface area contributed by atoms with Gasteiger partial charge in [0.05, 0.1) is 17.8 Å². The Hall–Kier alpha value is -2.94. The maximum atomic E-state index is 6.08. The van der Waals surface area contributed by atoms with E-state index < -0.39 is 0 Å². The van der Waals surface area contributed by atoms with Gasteiger partial charge >= 0.3 is 0 Å². The van der Waals surface area contributed by atoms with Crippen molar-refractivity contribution in [2.24, 2.45) is 0 Å². The fourth-order valence-corrected chi connectivity index (χ4v) is 4.25. The third kappa shape index (κ3) is 4.30. The largest absolute Gasteiger partial charge is 0.369 e. The highest BCUT2D eigenvalue weighted by atomic mass is 32.1. The van der Waals surface area contributed by atoms with Crippen molar-refractivity contribution in [3.8, 4) is 0 Å². The van der Waals surface area contributed by atoms with Crippen molar-refractivity contribution in [3.05, 3.63) is 71.1 Å². The number of rotatable bonds is 5. The Morgan fingerprint density at radius 3 is 3.10 bits per heavy atom. The van der Waals surface area contributed by atoms with Crippen LogP contribution in [0, 0.1) is 6.92 Å². The van der Waals surface area contributed by atoms with E-state index in [-0.39, 0.29) is 6.10 Å². The van der Waals surface area contributed by atoms with Gasteiger partial charge in [0, 0.05) is 42.6 Å². The second-order valence-corrected chi connectivity index (χ2v) is 8.25. The molecule has 1 N–H and O–H groups in total. The Labute approximate surface area is 178 Å². The van der Waals surface area contributed by atoms with E-state index in [0.717, 1.165) is 47.4 Å². The molecule has 1 aromatic carbocycles. The fourth-order valence-electron chi connectivity index (χ4n) is 3.79. The van der Waals surface area contributed by atoms with E-state index in [1.54, 1.807) is 5.51 Å². The van der Waals surface area contributed by atoms with Gasteiger partial charge in [-0.05, 0) is 42.8 Å². The van der Waals surface area contributed by atoms with Crippen LogP contribution in [-0.4, -0.2) is 44.8 Å². The van der Waals surface area contributed by atoms with E-state index in [2.05, 4.69) is 49.7 Å². The van der Waals surface area contributed by atoms with Crippen LogP contribution in [0.4, 0.5) is 10.8 Å². The average molecular weight is 419 g/mol. The average Bonchev–Trinajstić information content (AvgIpc) is 3.26. The molecule has 30 heavy (non-hydrogen) atoms. The van der Waals surface area contributed by atoms with Crippen LogP contribution < -0.4 is 5.32 Å². The van der Waals surface area contributed by atoms with Crippen LogP contribution in [0.25, 0.3) is 10.9 Å².